The van der Waals surface area contributed by atoms with Gasteiger partial charge < -0.3 is 10.0 Å². The first kappa shape index (κ1) is 9.19. The highest BCUT2D eigenvalue weighted by atomic mass is 79.9. The van der Waals surface area contributed by atoms with Gasteiger partial charge in [0.25, 0.3) is 0 Å². The Hall–Kier alpha value is 0.0949. The minimum Gasteiger partial charge on any atom is -0.423 e. The first-order chi connectivity index (χ1) is 5.11. The molecule has 0 fully saturated rings. The van der Waals surface area contributed by atoms with Crippen molar-refractivity contribution in [2.24, 2.45) is 0 Å². The third kappa shape index (κ3) is 2.26. The molecule has 0 unspecified atom stereocenters. The second kappa shape index (κ2) is 3.66. The molecule has 6 heteroatoms. The maximum atomic E-state index is 8.77. The lowest BCUT2D eigenvalue weighted by molar-refractivity contribution is 0.425. The normalized spacial score (nSPS) is 9.82. The van der Waals surface area contributed by atoms with E-state index in [9.17, 15) is 0 Å². The van der Waals surface area contributed by atoms with Crippen LogP contribution in [0.15, 0.2) is 21.3 Å². The van der Waals surface area contributed by atoms with E-state index in [0.29, 0.717) is 14.7 Å². The Morgan fingerprint density at radius 1 is 1.27 bits per heavy atom. The second-order valence-corrected chi connectivity index (χ2v) is 3.45. The van der Waals surface area contributed by atoms with Crippen LogP contribution in [0.25, 0.3) is 0 Å². The van der Waals surface area contributed by atoms with Gasteiger partial charge in [-0.25, -0.2) is 4.98 Å². The third-order valence-electron chi connectivity index (χ3n) is 1.12. The summed E-state index contributed by atoms with van der Waals surface area (Å²) in [7, 11) is -1.48. The van der Waals surface area contributed by atoms with Crippen LogP contribution in [0.3, 0.4) is 0 Å². The average molecular weight is 281 g/mol. The monoisotopic (exact) mass is 279 g/mol. The number of halogens is 2. The van der Waals surface area contributed by atoms with Crippen molar-refractivity contribution in [1.82, 2.24) is 4.98 Å². The summed E-state index contributed by atoms with van der Waals surface area (Å²) in [5, 5.41) is 17.5. The summed E-state index contributed by atoms with van der Waals surface area (Å²) in [4.78, 5) is 3.91. The van der Waals surface area contributed by atoms with E-state index in [1.54, 1.807) is 12.1 Å². The molecule has 1 aromatic rings. The van der Waals surface area contributed by atoms with Crippen LogP contribution in [0.2, 0.25) is 0 Å². The molecule has 2 N–H and O–H groups in total. The molecule has 3 nitrogen and oxygen atoms in total. The van der Waals surface area contributed by atoms with E-state index < -0.39 is 7.12 Å². The molecular formula is C5H4BBr2NO2. The molecule has 11 heavy (non-hydrogen) atoms. The summed E-state index contributed by atoms with van der Waals surface area (Å²) < 4.78 is 1.08. The molecule has 1 aromatic heterocycles. The highest BCUT2D eigenvalue weighted by Gasteiger charge is 2.15. The predicted molar refractivity (Wildman–Crippen MR) is 49.5 cm³/mol. The van der Waals surface area contributed by atoms with Crippen LogP contribution in [0.5, 0.6) is 0 Å². The van der Waals surface area contributed by atoms with Gasteiger partial charge in [0.1, 0.15) is 9.21 Å². The molecule has 0 saturated carbocycles. The fourth-order valence-corrected chi connectivity index (χ4v) is 1.69. The molecule has 0 saturated heterocycles. The fraction of sp³-hybridized carbons (Fsp3) is 0. The van der Waals surface area contributed by atoms with Gasteiger partial charge in [0, 0.05) is 5.46 Å². The zero-order chi connectivity index (χ0) is 8.43. The van der Waals surface area contributed by atoms with Gasteiger partial charge in [-0.05, 0) is 37.9 Å². The zero-order valence-electron chi connectivity index (χ0n) is 5.33. The molecule has 0 radical (unpaired) electrons. The summed E-state index contributed by atoms with van der Waals surface area (Å²) in [5.41, 5.74) is 0.355. The Morgan fingerprint density at radius 2 is 1.91 bits per heavy atom. The quantitative estimate of drug-likeness (QED) is 0.574. The number of rotatable bonds is 1. The molecule has 1 rings (SSSR count). The highest BCUT2D eigenvalue weighted by Crippen LogP contribution is 2.09. The van der Waals surface area contributed by atoms with Gasteiger partial charge in [-0.2, -0.15) is 0 Å². The Kier molecular flexibility index (Phi) is 3.06. The molecule has 0 spiro atoms. The van der Waals surface area contributed by atoms with Gasteiger partial charge >= 0.3 is 7.12 Å². The summed E-state index contributed by atoms with van der Waals surface area (Å²) >= 11 is 6.23. The number of nitrogens with zero attached hydrogens (tertiary/aromatic N) is 1. The summed E-state index contributed by atoms with van der Waals surface area (Å²) in [5.74, 6) is 0. The molecule has 0 aromatic carbocycles. The number of aromatic nitrogens is 1. The number of pyridine rings is 1. The SMILES string of the molecule is OB(O)c1ccc(Br)nc1Br. The predicted octanol–water partition coefficient (Wildman–Crippen LogP) is 0.286. The molecule has 0 aliphatic carbocycles. The van der Waals surface area contributed by atoms with Crippen molar-refractivity contribution < 1.29 is 10.0 Å². The molecule has 58 valence electrons. The third-order valence-corrected chi connectivity index (χ3v) is 2.20. The maximum absolute atomic E-state index is 8.77. The number of hydrogen-bond acceptors (Lipinski definition) is 3. The Labute approximate surface area is 80.9 Å². The lowest BCUT2D eigenvalue weighted by Crippen LogP contribution is -2.31. The van der Waals surface area contributed by atoms with Gasteiger partial charge in [0.2, 0.25) is 0 Å². The van der Waals surface area contributed by atoms with E-state index in [0.717, 1.165) is 0 Å². The molecule has 0 amide bonds. The van der Waals surface area contributed by atoms with E-state index in [2.05, 4.69) is 36.8 Å². The van der Waals surface area contributed by atoms with Crippen LogP contribution >= 0.6 is 31.9 Å². The minimum atomic E-state index is -1.48. The number of hydrogen-bond donors (Lipinski definition) is 2. The van der Waals surface area contributed by atoms with Crippen LogP contribution in [-0.2, 0) is 0 Å². The van der Waals surface area contributed by atoms with Crippen LogP contribution in [0.1, 0.15) is 0 Å². The van der Waals surface area contributed by atoms with Gasteiger partial charge in [0.05, 0.1) is 0 Å². The molecule has 1 heterocycles. The van der Waals surface area contributed by atoms with E-state index in [1.807, 2.05) is 0 Å². The van der Waals surface area contributed by atoms with Crippen molar-refractivity contribution in [3.05, 3.63) is 21.3 Å². The summed E-state index contributed by atoms with van der Waals surface area (Å²) in [6.45, 7) is 0. The van der Waals surface area contributed by atoms with Crippen LogP contribution < -0.4 is 5.46 Å². The largest absolute Gasteiger partial charge is 0.491 e. The van der Waals surface area contributed by atoms with Crippen LogP contribution in [0.4, 0.5) is 0 Å². The molecule has 0 bridgehead atoms. The maximum Gasteiger partial charge on any atom is 0.491 e. The molecule has 0 aliphatic rings. The lowest BCUT2D eigenvalue weighted by atomic mass is 9.82. The fourth-order valence-electron chi connectivity index (χ4n) is 0.615. The van der Waals surface area contributed by atoms with Crippen LogP contribution in [0, 0.1) is 0 Å². The van der Waals surface area contributed by atoms with Gasteiger partial charge in [0.15, 0.2) is 0 Å². The van der Waals surface area contributed by atoms with Gasteiger partial charge in [-0.3, -0.25) is 0 Å². The second-order valence-electron chi connectivity index (χ2n) is 1.89. The Morgan fingerprint density at radius 3 is 2.36 bits per heavy atom. The first-order valence-corrected chi connectivity index (χ1v) is 4.38. The summed E-state index contributed by atoms with van der Waals surface area (Å²) in [6, 6.07) is 3.21. The van der Waals surface area contributed by atoms with Crippen molar-refractivity contribution in [3.63, 3.8) is 0 Å². The highest BCUT2D eigenvalue weighted by molar-refractivity contribution is 9.11. The first-order valence-electron chi connectivity index (χ1n) is 2.79. The lowest BCUT2D eigenvalue weighted by Gasteiger charge is -2.00. The van der Waals surface area contributed by atoms with Crippen molar-refractivity contribution in [2.75, 3.05) is 0 Å². The van der Waals surface area contributed by atoms with Gasteiger partial charge in [-0.1, -0.05) is 6.07 Å². The van der Waals surface area contributed by atoms with E-state index in [4.69, 9.17) is 10.0 Å². The van der Waals surface area contributed by atoms with Gasteiger partial charge in [-0.15, -0.1) is 0 Å². The minimum absolute atomic E-state index is 0.355. The van der Waals surface area contributed by atoms with Crippen molar-refractivity contribution in [2.45, 2.75) is 0 Å². The topological polar surface area (TPSA) is 53.4 Å². The standard InChI is InChI=1S/C5H4BBr2NO2/c7-4-2-1-3(6(10)11)5(8)9-4/h1-2,10-11H. The van der Waals surface area contributed by atoms with Crippen molar-refractivity contribution in [1.29, 1.82) is 0 Å². The average Bonchev–Trinajstić information content (AvgIpc) is 1.85. The zero-order valence-corrected chi connectivity index (χ0v) is 8.50. The van der Waals surface area contributed by atoms with E-state index >= 15 is 0 Å². The van der Waals surface area contributed by atoms with Crippen molar-refractivity contribution >= 4 is 44.4 Å². The molecular weight excluding hydrogens is 277 g/mol. The van der Waals surface area contributed by atoms with E-state index in [1.165, 1.54) is 0 Å². The smallest absolute Gasteiger partial charge is 0.423 e. The summed E-state index contributed by atoms with van der Waals surface area (Å²) in [6.07, 6.45) is 0. The Bertz CT molecular complexity index is 269. The molecule has 0 aliphatic heterocycles. The Balaban J connectivity index is 3.09. The van der Waals surface area contributed by atoms with Crippen molar-refractivity contribution in [3.8, 4) is 0 Å². The molecule has 0 atom stereocenters. The van der Waals surface area contributed by atoms with Crippen LogP contribution in [-0.4, -0.2) is 22.2 Å². The van der Waals surface area contributed by atoms with E-state index in [-0.39, 0.29) is 0 Å².